The Morgan fingerprint density at radius 1 is 1.62 bits per heavy atom. The van der Waals surface area contributed by atoms with E-state index >= 15 is 0 Å². The van der Waals surface area contributed by atoms with Gasteiger partial charge in [-0.05, 0) is 24.6 Å². The highest BCUT2D eigenvalue weighted by Crippen LogP contribution is 2.25. The lowest BCUT2D eigenvalue weighted by atomic mass is 10.2. The molecule has 0 saturated heterocycles. The van der Waals surface area contributed by atoms with E-state index in [4.69, 9.17) is 21.6 Å². The van der Waals surface area contributed by atoms with Gasteiger partial charge in [0, 0.05) is 6.54 Å². The Labute approximate surface area is 98.8 Å². The molecule has 1 N–H and O–H groups in total. The summed E-state index contributed by atoms with van der Waals surface area (Å²) in [7, 11) is 0. The van der Waals surface area contributed by atoms with Crippen molar-refractivity contribution in [3.63, 3.8) is 0 Å². The van der Waals surface area contributed by atoms with Crippen molar-refractivity contribution in [3.05, 3.63) is 28.8 Å². The van der Waals surface area contributed by atoms with Gasteiger partial charge >= 0.3 is 5.91 Å². The van der Waals surface area contributed by atoms with Crippen LogP contribution in [0.2, 0.25) is 5.02 Å². The fourth-order valence-electron chi connectivity index (χ4n) is 1.15. The van der Waals surface area contributed by atoms with Crippen molar-refractivity contribution in [1.82, 2.24) is 5.32 Å². The summed E-state index contributed by atoms with van der Waals surface area (Å²) in [6.45, 7) is 2.69. The number of benzene rings is 1. The number of ether oxygens (including phenoxy) is 1. The lowest BCUT2D eigenvalue weighted by molar-refractivity contribution is -0.116. The number of carbonyl (C=O) groups excluding carboxylic acids is 1. The van der Waals surface area contributed by atoms with E-state index in [1.54, 1.807) is 18.2 Å². The van der Waals surface area contributed by atoms with E-state index in [-0.39, 0.29) is 6.54 Å². The van der Waals surface area contributed by atoms with Gasteiger partial charge in [-0.1, -0.05) is 17.7 Å². The van der Waals surface area contributed by atoms with E-state index in [1.165, 1.54) is 6.07 Å². The van der Waals surface area contributed by atoms with E-state index in [9.17, 15) is 4.79 Å². The average Bonchev–Trinajstić information content (AvgIpc) is 2.29. The van der Waals surface area contributed by atoms with Crippen LogP contribution in [0.25, 0.3) is 0 Å². The Hall–Kier alpha value is -1.73. The van der Waals surface area contributed by atoms with Crippen molar-refractivity contribution in [2.45, 2.75) is 13.5 Å². The SMILES string of the molecule is CCOc1ccc(CNC(=O)C#N)cc1Cl. The van der Waals surface area contributed by atoms with Crippen molar-refractivity contribution in [1.29, 1.82) is 5.26 Å². The predicted octanol–water partition coefficient (Wildman–Crippen LogP) is 1.88. The van der Waals surface area contributed by atoms with Crippen LogP contribution in [0.1, 0.15) is 12.5 Å². The first-order chi connectivity index (χ1) is 7.67. The average molecular weight is 239 g/mol. The van der Waals surface area contributed by atoms with Crippen molar-refractivity contribution >= 4 is 17.5 Å². The second-order valence-electron chi connectivity index (χ2n) is 2.99. The van der Waals surface area contributed by atoms with E-state index in [1.807, 2.05) is 6.92 Å². The molecule has 1 aromatic rings. The molecule has 1 rings (SSSR count). The minimum absolute atomic E-state index is 0.276. The number of carbonyl (C=O) groups is 1. The van der Waals surface area contributed by atoms with Gasteiger partial charge in [-0.25, -0.2) is 0 Å². The summed E-state index contributed by atoms with van der Waals surface area (Å²) in [5.74, 6) is -0.0514. The molecular weight excluding hydrogens is 228 g/mol. The maximum absolute atomic E-state index is 10.7. The summed E-state index contributed by atoms with van der Waals surface area (Å²) in [5, 5.41) is 11.2. The number of halogens is 1. The zero-order chi connectivity index (χ0) is 12.0. The first kappa shape index (κ1) is 12.3. The molecule has 0 unspecified atom stereocenters. The minimum atomic E-state index is -0.662. The Balaban J connectivity index is 2.67. The summed E-state index contributed by atoms with van der Waals surface area (Å²) < 4.78 is 5.27. The molecule has 0 aromatic heterocycles. The van der Waals surface area contributed by atoms with Crippen LogP contribution in [0, 0.1) is 11.3 Å². The lowest BCUT2D eigenvalue weighted by Gasteiger charge is -2.07. The topological polar surface area (TPSA) is 62.1 Å². The van der Waals surface area contributed by atoms with Crippen LogP contribution in [0.3, 0.4) is 0 Å². The monoisotopic (exact) mass is 238 g/mol. The van der Waals surface area contributed by atoms with Gasteiger partial charge < -0.3 is 10.1 Å². The molecule has 4 nitrogen and oxygen atoms in total. The fraction of sp³-hybridized carbons (Fsp3) is 0.273. The third-order valence-corrected chi connectivity index (χ3v) is 2.15. The Bertz CT molecular complexity index is 426. The molecule has 0 saturated carbocycles. The standard InChI is InChI=1S/C11H11ClN2O2/c1-2-16-10-4-3-8(5-9(10)12)7-14-11(15)6-13/h3-5H,2,7H2,1H3,(H,14,15). The molecule has 0 fully saturated rings. The van der Waals surface area contributed by atoms with Crippen molar-refractivity contribution in [2.24, 2.45) is 0 Å². The van der Waals surface area contributed by atoms with Gasteiger partial charge in [0.1, 0.15) is 5.75 Å². The van der Waals surface area contributed by atoms with Crippen LogP contribution >= 0.6 is 11.6 Å². The van der Waals surface area contributed by atoms with Crippen molar-refractivity contribution < 1.29 is 9.53 Å². The number of hydrogen-bond donors (Lipinski definition) is 1. The molecule has 0 atom stereocenters. The maximum atomic E-state index is 10.7. The number of rotatable bonds is 4. The largest absolute Gasteiger partial charge is 0.492 e. The number of nitrogens with one attached hydrogen (secondary N) is 1. The fourth-order valence-corrected chi connectivity index (χ4v) is 1.41. The van der Waals surface area contributed by atoms with Gasteiger partial charge in [0.25, 0.3) is 0 Å². The summed E-state index contributed by atoms with van der Waals surface area (Å²) >= 11 is 5.95. The molecule has 0 aliphatic heterocycles. The number of amides is 1. The number of nitriles is 1. The Morgan fingerprint density at radius 3 is 2.94 bits per heavy atom. The predicted molar refractivity (Wildman–Crippen MR) is 60.1 cm³/mol. The number of nitrogens with zero attached hydrogens (tertiary/aromatic N) is 1. The summed E-state index contributed by atoms with van der Waals surface area (Å²) in [5.41, 5.74) is 0.817. The second-order valence-corrected chi connectivity index (χ2v) is 3.40. The molecule has 16 heavy (non-hydrogen) atoms. The molecule has 0 aliphatic rings. The maximum Gasteiger partial charge on any atom is 0.322 e. The minimum Gasteiger partial charge on any atom is -0.492 e. The molecule has 5 heteroatoms. The molecular formula is C11H11ClN2O2. The van der Waals surface area contributed by atoms with Gasteiger partial charge in [-0.15, -0.1) is 0 Å². The first-order valence-corrected chi connectivity index (χ1v) is 5.14. The van der Waals surface area contributed by atoms with Gasteiger partial charge in [-0.3, -0.25) is 4.79 Å². The Morgan fingerprint density at radius 2 is 2.38 bits per heavy atom. The van der Waals surface area contributed by atoms with E-state index in [0.29, 0.717) is 17.4 Å². The zero-order valence-corrected chi connectivity index (χ0v) is 9.54. The normalized spacial score (nSPS) is 9.31. The molecule has 0 heterocycles. The van der Waals surface area contributed by atoms with E-state index in [2.05, 4.69) is 5.32 Å². The van der Waals surface area contributed by atoms with Crippen LogP contribution in [0.4, 0.5) is 0 Å². The van der Waals surface area contributed by atoms with Crippen LogP contribution in [0.5, 0.6) is 5.75 Å². The highest BCUT2D eigenvalue weighted by atomic mass is 35.5. The van der Waals surface area contributed by atoms with Crippen LogP contribution in [-0.4, -0.2) is 12.5 Å². The van der Waals surface area contributed by atoms with Gasteiger partial charge in [0.15, 0.2) is 6.07 Å². The third kappa shape index (κ3) is 3.44. The van der Waals surface area contributed by atoms with Crippen molar-refractivity contribution in [3.8, 4) is 11.8 Å². The molecule has 1 aromatic carbocycles. The van der Waals surface area contributed by atoms with Crippen LogP contribution in [-0.2, 0) is 11.3 Å². The first-order valence-electron chi connectivity index (χ1n) is 4.76. The Kier molecular flexibility index (Phi) is 4.62. The van der Waals surface area contributed by atoms with Gasteiger partial charge in [0.05, 0.1) is 11.6 Å². The molecule has 0 radical (unpaired) electrons. The molecule has 0 bridgehead atoms. The van der Waals surface area contributed by atoms with Crippen molar-refractivity contribution in [2.75, 3.05) is 6.61 Å². The second kappa shape index (κ2) is 5.99. The quantitative estimate of drug-likeness (QED) is 0.815. The highest BCUT2D eigenvalue weighted by molar-refractivity contribution is 6.32. The third-order valence-electron chi connectivity index (χ3n) is 1.85. The van der Waals surface area contributed by atoms with Gasteiger partial charge in [0.2, 0.25) is 0 Å². The van der Waals surface area contributed by atoms with Crippen LogP contribution in [0.15, 0.2) is 18.2 Å². The summed E-state index contributed by atoms with van der Waals surface area (Å²) in [6, 6.07) is 6.69. The summed E-state index contributed by atoms with van der Waals surface area (Å²) in [4.78, 5) is 10.7. The molecule has 84 valence electrons. The number of hydrogen-bond acceptors (Lipinski definition) is 3. The summed E-state index contributed by atoms with van der Waals surface area (Å²) in [6.07, 6.45) is 0. The molecule has 1 amide bonds. The molecule has 0 spiro atoms. The highest BCUT2D eigenvalue weighted by Gasteiger charge is 2.03. The van der Waals surface area contributed by atoms with E-state index < -0.39 is 5.91 Å². The smallest absolute Gasteiger partial charge is 0.322 e. The van der Waals surface area contributed by atoms with Crippen LogP contribution < -0.4 is 10.1 Å². The zero-order valence-electron chi connectivity index (χ0n) is 8.79. The van der Waals surface area contributed by atoms with Gasteiger partial charge in [-0.2, -0.15) is 5.26 Å². The van der Waals surface area contributed by atoms with E-state index in [0.717, 1.165) is 5.56 Å². The molecule has 0 aliphatic carbocycles. The lowest BCUT2D eigenvalue weighted by Crippen LogP contribution is -2.20.